The summed E-state index contributed by atoms with van der Waals surface area (Å²) in [6.07, 6.45) is 3.58. The number of nitriles is 1. The molecule has 0 radical (unpaired) electrons. The fraction of sp³-hybridized carbons (Fsp3) is 0.174. The van der Waals surface area contributed by atoms with Crippen molar-refractivity contribution in [3.05, 3.63) is 83.1 Å². The summed E-state index contributed by atoms with van der Waals surface area (Å²) < 4.78 is 19.7. The second-order valence-electron chi connectivity index (χ2n) is 6.82. The minimum atomic E-state index is -0.526. The Balaban J connectivity index is 1.45. The molecule has 4 rings (SSSR count). The Morgan fingerprint density at radius 2 is 1.73 bits per heavy atom. The molecule has 1 aliphatic heterocycles. The number of rotatable bonds is 4. The van der Waals surface area contributed by atoms with Gasteiger partial charge in [-0.2, -0.15) is 10.2 Å². The second kappa shape index (κ2) is 8.62. The molecule has 0 aliphatic carbocycles. The number of piperazine rings is 1. The van der Waals surface area contributed by atoms with Crippen LogP contribution in [0.5, 0.6) is 0 Å². The van der Waals surface area contributed by atoms with Gasteiger partial charge in [0.25, 0.3) is 5.91 Å². The van der Waals surface area contributed by atoms with Gasteiger partial charge in [0.15, 0.2) is 0 Å². The molecule has 0 spiro atoms. The number of nitrogens with zero attached hydrogens (tertiary/aromatic N) is 4. The number of benzene rings is 2. The maximum Gasteiger partial charge on any atom is 0.256 e. The van der Waals surface area contributed by atoms with Crippen molar-refractivity contribution in [2.75, 3.05) is 31.1 Å². The van der Waals surface area contributed by atoms with Crippen molar-refractivity contribution in [3.8, 4) is 6.07 Å². The SMILES string of the molecule is N#Cc1nc(C=Cc2ccccc2)oc1N1CCN(C(=O)c2ccccc2F)CC1. The van der Waals surface area contributed by atoms with E-state index in [-0.39, 0.29) is 17.2 Å². The number of carbonyl (C=O) groups is 1. The molecule has 150 valence electrons. The minimum absolute atomic E-state index is 0.0664. The van der Waals surface area contributed by atoms with Gasteiger partial charge in [-0.05, 0) is 23.8 Å². The lowest BCUT2D eigenvalue weighted by Crippen LogP contribution is -2.49. The molecule has 7 heteroatoms. The molecule has 1 amide bonds. The summed E-state index contributed by atoms with van der Waals surface area (Å²) in [6.45, 7) is 1.72. The van der Waals surface area contributed by atoms with Crippen molar-refractivity contribution in [1.29, 1.82) is 5.26 Å². The summed E-state index contributed by atoms with van der Waals surface area (Å²) in [6, 6.07) is 17.7. The summed E-state index contributed by atoms with van der Waals surface area (Å²) in [5.41, 5.74) is 1.27. The van der Waals surface area contributed by atoms with Crippen LogP contribution in [0.15, 0.2) is 59.0 Å². The van der Waals surface area contributed by atoms with Crippen LogP contribution in [0.2, 0.25) is 0 Å². The molecule has 0 unspecified atom stereocenters. The second-order valence-corrected chi connectivity index (χ2v) is 6.82. The van der Waals surface area contributed by atoms with Gasteiger partial charge in [0, 0.05) is 32.3 Å². The Labute approximate surface area is 173 Å². The van der Waals surface area contributed by atoms with E-state index in [1.165, 1.54) is 12.1 Å². The van der Waals surface area contributed by atoms with E-state index in [0.29, 0.717) is 38.0 Å². The summed E-state index contributed by atoms with van der Waals surface area (Å²) in [4.78, 5) is 20.3. The Morgan fingerprint density at radius 3 is 2.43 bits per heavy atom. The van der Waals surface area contributed by atoms with Gasteiger partial charge in [0.1, 0.15) is 11.9 Å². The zero-order valence-corrected chi connectivity index (χ0v) is 16.2. The maximum atomic E-state index is 13.9. The molecule has 2 heterocycles. The zero-order valence-electron chi connectivity index (χ0n) is 16.2. The van der Waals surface area contributed by atoms with E-state index in [4.69, 9.17) is 4.42 Å². The van der Waals surface area contributed by atoms with E-state index < -0.39 is 5.82 Å². The van der Waals surface area contributed by atoms with Crippen LogP contribution >= 0.6 is 0 Å². The van der Waals surface area contributed by atoms with Crippen LogP contribution in [-0.4, -0.2) is 42.0 Å². The Morgan fingerprint density at radius 1 is 1.03 bits per heavy atom. The summed E-state index contributed by atoms with van der Waals surface area (Å²) in [5.74, 6) is -0.127. The Bertz CT molecular complexity index is 1110. The first kappa shape index (κ1) is 19.4. The van der Waals surface area contributed by atoms with Gasteiger partial charge in [-0.3, -0.25) is 4.79 Å². The highest BCUT2D eigenvalue weighted by Crippen LogP contribution is 2.24. The van der Waals surface area contributed by atoms with Crippen molar-refractivity contribution in [1.82, 2.24) is 9.88 Å². The molecule has 0 N–H and O–H groups in total. The number of halogens is 1. The van der Waals surface area contributed by atoms with Crippen LogP contribution in [0.1, 0.15) is 27.5 Å². The quantitative estimate of drug-likeness (QED) is 0.663. The third-order valence-electron chi connectivity index (χ3n) is 4.91. The number of anilines is 1. The fourth-order valence-electron chi connectivity index (χ4n) is 3.34. The molecule has 1 saturated heterocycles. The lowest BCUT2D eigenvalue weighted by Gasteiger charge is -2.34. The highest BCUT2D eigenvalue weighted by Gasteiger charge is 2.27. The molecule has 3 aromatic rings. The average molecular weight is 402 g/mol. The van der Waals surface area contributed by atoms with E-state index in [2.05, 4.69) is 11.1 Å². The molecule has 0 atom stereocenters. The van der Waals surface area contributed by atoms with E-state index >= 15 is 0 Å². The molecular formula is C23H19FN4O2. The number of aromatic nitrogens is 1. The van der Waals surface area contributed by atoms with Crippen molar-refractivity contribution in [2.45, 2.75) is 0 Å². The van der Waals surface area contributed by atoms with Gasteiger partial charge in [-0.25, -0.2) is 4.39 Å². The Hall–Kier alpha value is -3.92. The van der Waals surface area contributed by atoms with Crippen LogP contribution in [-0.2, 0) is 0 Å². The van der Waals surface area contributed by atoms with Crippen molar-refractivity contribution in [3.63, 3.8) is 0 Å². The molecular weight excluding hydrogens is 383 g/mol. The van der Waals surface area contributed by atoms with Crippen LogP contribution in [0, 0.1) is 17.1 Å². The number of oxazole rings is 1. The lowest BCUT2D eigenvalue weighted by atomic mass is 10.1. The van der Waals surface area contributed by atoms with Gasteiger partial charge >= 0.3 is 0 Å². The number of amides is 1. The van der Waals surface area contributed by atoms with E-state index in [1.54, 1.807) is 23.1 Å². The van der Waals surface area contributed by atoms with Crippen molar-refractivity contribution < 1.29 is 13.6 Å². The monoisotopic (exact) mass is 402 g/mol. The molecule has 30 heavy (non-hydrogen) atoms. The number of carbonyl (C=O) groups excluding carboxylic acids is 1. The normalized spacial score (nSPS) is 14.1. The molecule has 0 bridgehead atoms. The molecule has 1 aromatic heterocycles. The van der Waals surface area contributed by atoms with Crippen molar-refractivity contribution >= 4 is 23.9 Å². The highest BCUT2D eigenvalue weighted by molar-refractivity contribution is 5.94. The van der Waals surface area contributed by atoms with E-state index in [1.807, 2.05) is 41.3 Å². The summed E-state index contributed by atoms with van der Waals surface area (Å²) in [7, 11) is 0. The van der Waals surface area contributed by atoms with Gasteiger partial charge < -0.3 is 14.2 Å². The standard InChI is InChI=1S/C23H19FN4O2/c24-19-9-5-4-8-18(19)22(29)27-12-14-28(15-13-27)23-20(16-25)26-21(30-23)11-10-17-6-2-1-3-7-17/h1-11H,12-15H2. The smallest absolute Gasteiger partial charge is 0.256 e. The minimum Gasteiger partial charge on any atom is -0.420 e. The van der Waals surface area contributed by atoms with Crippen LogP contribution in [0.25, 0.3) is 12.2 Å². The first-order chi connectivity index (χ1) is 14.7. The average Bonchev–Trinajstić information content (AvgIpc) is 3.22. The maximum absolute atomic E-state index is 13.9. The van der Waals surface area contributed by atoms with Gasteiger partial charge in [0.2, 0.25) is 17.5 Å². The largest absolute Gasteiger partial charge is 0.420 e. The summed E-state index contributed by atoms with van der Waals surface area (Å²) >= 11 is 0. The fourth-order valence-corrected chi connectivity index (χ4v) is 3.34. The van der Waals surface area contributed by atoms with Crippen LogP contribution in [0.3, 0.4) is 0 Å². The van der Waals surface area contributed by atoms with Gasteiger partial charge in [-0.1, -0.05) is 42.5 Å². The Kier molecular flexibility index (Phi) is 5.57. The van der Waals surface area contributed by atoms with Gasteiger partial charge in [-0.15, -0.1) is 0 Å². The molecule has 2 aromatic carbocycles. The number of hydrogen-bond acceptors (Lipinski definition) is 5. The first-order valence-corrected chi connectivity index (χ1v) is 9.58. The predicted octanol–water partition coefficient (Wildman–Crippen LogP) is 3.82. The third kappa shape index (κ3) is 4.08. The third-order valence-corrected chi connectivity index (χ3v) is 4.91. The number of hydrogen-bond donors (Lipinski definition) is 0. The molecule has 1 fully saturated rings. The molecule has 0 saturated carbocycles. The van der Waals surface area contributed by atoms with Crippen LogP contribution in [0.4, 0.5) is 10.3 Å². The zero-order chi connectivity index (χ0) is 20.9. The van der Waals surface area contributed by atoms with Gasteiger partial charge in [0.05, 0.1) is 5.56 Å². The predicted molar refractivity (Wildman–Crippen MR) is 111 cm³/mol. The van der Waals surface area contributed by atoms with E-state index in [9.17, 15) is 14.4 Å². The lowest BCUT2D eigenvalue weighted by molar-refractivity contribution is 0.0740. The van der Waals surface area contributed by atoms with Crippen molar-refractivity contribution in [2.24, 2.45) is 0 Å². The molecule has 6 nitrogen and oxygen atoms in total. The summed E-state index contributed by atoms with van der Waals surface area (Å²) in [5, 5.41) is 9.44. The highest BCUT2D eigenvalue weighted by atomic mass is 19.1. The first-order valence-electron chi connectivity index (χ1n) is 9.58. The van der Waals surface area contributed by atoms with Crippen LogP contribution < -0.4 is 4.90 Å². The topological polar surface area (TPSA) is 73.4 Å². The molecule has 1 aliphatic rings. The van der Waals surface area contributed by atoms with E-state index in [0.717, 1.165) is 5.56 Å².